The van der Waals surface area contributed by atoms with E-state index in [1.807, 2.05) is 0 Å². The van der Waals surface area contributed by atoms with Gasteiger partial charge in [0.1, 0.15) is 0 Å². The topological polar surface area (TPSA) is 41.1 Å². The minimum absolute atomic E-state index is 0.0778. The summed E-state index contributed by atoms with van der Waals surface area (Å²) < 4.78 is 0. The van der Waals surface area contributed by atoms with Crippen molar-refractivity contribution in [2.75, 3.05) is 0 Å². The highest BCUT2D eigenvalue weighted by Crippen LogP contribution is 2.07. The molecule has 89 valence electrons. The van der Waals surface area contributed by atoms with Gasteiger partial charge in [-0.15, -0.1) is 0 Å². The van der Waals surface area contributed by atoms with Crippen molar-refractivity contribution in [3.8, 4) is 0 Å². The number of nitrogens with one attached hydrogen (secondary N) is 2. The molecule has 0 aromatic carbocycles. The van der Waals surface area contributed by atoms with E-state index in [0.717, 1.165) is 12.8 Å². The maximum atomic E-state index is 10.2. The van der Waals surface area contributed by atoms with E-state index < -0.39 is 0 Å². The number of hydrogen-bond acceptors (Lipinski definition) is 2. The Hall–Kier alpha value is -0.570. The molecule has 3 heteroatoms. The van der Waals surface area contributed by atoms with Gasteiger partial charge in [0.2, 0.25) is 0 Å². The first kappa shape index (κ1) is 14.4. The quantitative estimate of drug-likeness (QED) is 0.332. The van der Waals surface area contributed by atoms with E-state index in [1.54, 1.807) is 6.41 Å². The second-order valence-electron chi connectivity index (χ2n) is 3.97. The van der Waals surface area contributed by atoms with Gasteiger partial charge >= 0.3 is 6.41 Å². The third-order valence-electron chi connectivity index (χ3n) is 2.73. The molecule has 0 fully saturated rings. The zero-order valence-electron chi connectivity index (χ0n) is 10.3. The van der Waals surface area contributed by atoms with Gasteiger partial charge in [-0.25, -0.2) is 0 Å². The lowest BCUT2D eigenvalue weighted by molar-refractivity contribution is 0.360. The van der Waals surface area contributed by atoms with Crippen LogP contribution in [0.15, 0.2) is 0 Å². The number of carbonyl (C=O) groups excluding carboxylic acids is 1. The van der Waals surface area contributed by atoms with Gasteiger partial charge in [-0.3, -0.25) is 10.1 Å². The van der Waals surface area contributed by atoms with E-state index in [-0.39, 0.29) is 6.17 Å². The molecule has 0 aliphatic carbocycles. The molecule has 0 heterocycles. The normalized spacial score (nSPS) is 14.6. The fourth-order valence-electron chi connectivity index (χ4n) is 1.66. The van der Waals surface area contributed by atoms with Crippen LogP contribution in [0.25, 0.3) is 0 Å². The molecule has 0 aromatic rings. The predicted octanol–water partition coefficient (Wildman–Crippen LogP) is 2.33. The SMILES string of the molecule is CCCCCC(CC)NC(CC)N[C]=O. The van der Waals surface area contributed by atoms with E-state index in [2.05, 4.69) is 31.4 Å². The molecule has 15 heavy (non-hydrogen) atoms. The van der Waals surface area contributed by atoms with Crippen molar-refractivity contribution in [3.63, 3.8) is 0 Å². The summed E-state index contributed by atoms with van der Waals surface area (Å²) in [5, 5.41) is 6.11. The second kappa shape index (κ2) is 9.97. The molecule has 2 N–H and O–H groups in total. The Labute approximate surface area is 94.0 Å². The van der Waals surface area contributed by atoms with Crippen LogP contribution in [-0.4, -0.2) is 18.6 Å². The van der Waals surface area contributed by atoms with E-state index in [9.17, 15) is 4.79 Å². The summed E-state index contributed by atoms with van der Waals surface area (Å²) in [5.74, 6) is 0. The molecule has 0 spiro atoms. The van der Waals surface area contributed by atoms with Crippen LogP contribution >= 0.6 is 0 Å². The van der Waals surface area contributed by atoms with Crippen molar-refractivity contribution < 1.29 is 4.79 Å². The van der Waals surface area contributed by atoms with Crippen LogP contribution in [0.5, 0.6) is 0 Å². The highest BCUT2D eigenvalue weighted by atomic mass is 16.1. The summed E-state index contributed by atoms with van der Waals surface area (Å²) in [6, 6.07) is 0.516. The van der Waals surface area contributed by atoms with Crippen LogP contribution in [0.4, 0.5) is 0 Å². The van der Waals surface area contributed by atoms with E-state index in [1.165, 1.54) is 25.7 Å². The summed E-state index contributed by atoms with van der Waals surface area (Å²) in [7, 11) is 0. The molecule has 2 atom stereocenters. The number of amides is 1. The van der Waals surface area contributed by atoms with Gasteiger partial charge in [0.25, 0.3) is 0 Å². The zero-order chi connectivity index (χ0) is 11.5. The standard InChI is InChI=1S/C12H25N2O/c1-4-7-8-9-11(5-2)14-12(6-3)13-10-15/h11-12,14H,4-9H2,1-3H3,(H,13,15). The summed E-state index contributed by atoms with van der Waals surface area (Å²) >= 11 is 0. The summed E-state index contributed by atoms with van der Waals surface area (Å²) in [6.07, 6.45) is 8.86. The fraction of sp³-hybridized carbons (Fsp3) is 0.917. The maximum Gasteiger partial charge on any atom is 0.310 e. The summed E-state index contributed by atoms with van der Waals surface area (Å²) in [5.41, 5.74) is 0. The highest BCUT2D eigenvalue weighted by Gasteiger charge is 2.11. The molecule has 1 radical (unpaired) electrons. The number of hydrogen-bond donors (Lipinski definition) is 2. The highest BCUT2D eigenvalue weighted by molar-refractivity contribution is 5.47. The van der Waals surface area contributed by atoms with Crippen molar-refractivity contribution in [2.24, 2.45) is 0 Å². The molecule has 3 nitrogen and oxygen atoms in total. The Kier molecular flexibility index (Phi) is 9.59. The van der Waals surface area contributed by atoms with Gasteiger partial charge < -0.3 is 5.32 Å². The van der Waals surface area contributed by atoms with Gasteiger partial charge in [0.05, 0.1) is 6.17 Å². The van der Waals surface area contributed by atoms with Crippen LogP contribution in [-0.2, 0) is 4.79 Å². The van der Waals surface area contributed by atoms with Crippen LogP contribution in [0.3, 0.4) is 0 Å². The van der Waals surface area contributed by atoms with Gasteiger partial charge in [0, 0.05) is 6.04 Å². The average molecular weight is 213 g/mol. The molecule has 2 unspecified atom stereocenters. The van der Waals surface area contributed by atoms with Crippen LogP contribution in [0.1, 0.15) is 59.3 Å². The molecule has 0 saturated carbocycles. The minimum Gasteiger partial charge on any atom is -0.333 e. The summed E-state index contributed by atoms with van der Waals surface area (Å²) in [6.45, 7) is 6.45. The Morgan fingerprint density at radius 2 is 1.87 bits per heavy atom. The Bertz CT molecular complexity index is 151. The molecule has 0 bridgehead atoms. The fourth-order valence-corrected chi connectivity index (χ4v) is 1.66. The molecule has 0 aliphatic rings. The molecular weight excluding hydrogens is 188 g/mol. The maximum absolute atomic E-state index is 10.2. The monoisotopic (exact) mass is 213 g/mol. The average Bonchev–Trinajstić information content (AvgIpc) is 2.26. The van der Waals surface area contributed by atoms with Crippen LogP contribution in [0.2, 0.25) is 0 Å². The van der Waals surface area contributed by atoms with Crippen molar-refractivity contribution in [1.82, 2.24) is 10.6 Å². The zero-order valence-corrected chi connectivity index (χ0v) is 10.3. The van der Waals surface area contributed by atoms with Crippen molar-refractivity contribution in [2.45, 2.75) is 71.5 Å². The van der Waals surface area contributed by atoms with Crippen molar-refractivity contribution in [1.29, 1.82) is 0 Å². The molecule has 1 amide bonds. The number of rotatable bonds is 10. The third kappa shape index (κ3) is 7.37. The van der Waals surface area contributed by atoms with Gasteiger partial charge in [-0.2, -0.15) is 0 Å². The lowest BCUT2D eigenvalue weighted by Crippen LogP contribution is -2.46. The van der Waals surface area contributed by atoms with E-state index in [0.29, 0.717) is 6.04 Å². The van der Waals surface area contributed by atoms with Crippen molar-refractivity contribution in [3.05, 3.63) is 0 Å². The van der Waals surface area contributed by atoms with E-state index in [4.69, 9.17) is 0 Å². The van der Waals surface area contributed by atoms with Gasteiger partial charge in [-0.1, -0.05) is 40.0 Å². The minimum atomic E-state index is 0.0778. The van der Waals surface area contributed by atoms with Crippen LogP contribution in [0, 0.1) is 0 Å². The van der Waals surface area contributed by atoms with E-state index >= 15 is 0 Å². The Balaban J connectivity index is 3.78. The second-order valence-corrected chi connectivity index (χ2v) is 3.97. The summed E-state index contributed by atoms with van der Waals surface area (Å²) in [4.78, 5) is 10.2. The molecule has 0 aromatic heterocycles. The lowest BCUT2D eigenvalue weighted by Gasteiger charge is -2.23. The van der Waals surface area contributed by atoms with Gasteiger partial charge in [-0.05, 0) is 19.3 Å². The molecule has 0 aliphatic heterocycles. The molecule has 0 rings (SSSR count). The predicted molar refractivity (Wildman–Crippen MR) is 64.3 cm³/mol. The van der Waals surface area contributed by atoms with Gasteiger partial charge in [0.15, 0.2) is 0 Å². The Morgan fingerprint density at radius 3 is 2.33 bits per heavy atom. The first-order valence-electron chi connectivity index (χ1n) is 6.17. The first-order chi connectivity index (χ1) is 7.28. The smallest absolute Gasteiger partial charge is 0.310 e. The van der Waals surface area contributed by atoms with Crippen LogP contribution < -0.4 is 10.6 Å². The lowest BCUT2D eigenvalue weighted by atomic mass is 10.1. The van der Waals surface area contributed by atoms with Crippen molar-refractivity contribution >= 4 is 6.41 Å². The molecule has 0 saturated heterocycles. The molecular formula is C12H25N2O. The third-order valence-corrected chi connectivity index (χ3v) is 2.73. The Morgan fingerprint density at radius 1 is 1.13 bits per heavy atom. The largest absolute Gasteiger partial charge is 0.333 e. The number of unbranched alkanes of at least 4 members (excludes halogenated alkanes) is 2. The first-order valence-corrected chi connectivity index (χ1v) is 6.17.